The summed E-state index contributed by atoms with van der Waals surface area (Å²) in [6, 6.07) is 5.70. The molecule has 0 aromatic heterocycles. The van der Waals surface area contributed by atoms with Gasteiger partial charge in [-0.1, -0.05) is 34.5 Å². The molecule has 0 saturated carbocycles. The minimum Gasteiger partial charge on any atom is -0.375 e. The number of anilines is 1. The fourth-order valence-electron chi connectivity index (χ4n) is 1.24. The molecule has 1 aromatic carbocycles. The van der Waals surface area contributed by atoms with E-state index in [2.05, 4.69) is 26.6 Å². The van der Waals surface area contributed by atoms with E-state index in [0.29, 0.717) is 5.02 Å². The second kappa shape index (κ2) is 6.87. The van der Waals surface area contributed by atoms with Crippen molar-refractivity contribution in [3.8, 4) is 0 Å². The first-order valence-corrected chi connectivity index (χ1v) is 6.68. The summed E-state index contributed by atoms with van der Waals surface area (Å²) in [5, 5.41) is 6.47. The summed E-state index contributed by atoms with van der Waals surface area (Å²) >= 11 is 9.35. The molecular formula is C12H16BrClN2O. The first kappa shape index (κ1) is 14.3. The largest absolute Gasteiger partial charge is 0.375 e. The third kappa shape index (κ3) is 4.96. The van der Waals surface area contributed by atoms with Crippen molar-refractivity contribution in [3.63, 3.8) is 0 Å². The zero-order chi connectivity index (χ0) is 12.8. The number of rotatable bonds is 5. The van der Waals surface area contributed by atoms with Crippen LogP contribution in [0.15, 0.2) is 22.7 Å². The molecule has 2 N–H and O–H groups in total. The molecule has 5 heteroatoms. The number of hydrogen-bond donors (Lipinski definition) is 2. The van der Waals surface area contributed by atoms with Crippen LogP contribution in [0, 0.1) is 0 Å². The smallest absolute Gasteiger partial charge is 0.239 e. The summed E-state index contributed by atoms with van der Waals surface area (Å²) in [6.07, 6.45) is 0.921. The Balaban J connectivity index is 2.47. The molecule has 0 radical (unpaired) electrons. The Morgan fingerprint density at radius 2 is 2.24 bits per heavy atom. The van der Waals surface area contributed by atoms with Crippen LogP contribution in [0.5, 0.6) is 0 Å². The van der Waals surface area contributed by atoms with Gasteiger partial charge in [0.2, 0.25) is 5.91 Å². The molecule has 0 bridgehead atoms. The van der Waals surface area contributed by atoms with Crippen LogP contribution in [0.2, 0.25) is 5.02 Å². The van der Waals surface area contributed by atoms with Gasteiger partial charge in [0.05, 0.1) is 17.3 Å². The van der Waals surface area contributed by atoms with Gasteiger partial charge >= 0.3 is 0 Å². The molecular weight excluding hydrogens is 304 g/mol. The van der Waals surface area contributed by atoms with Crippen LogP contribution in [-0.2, 0) is 4.79 Å². The van der Waals surface area contributed by atoms with Crippen molar-refractivity contribution in [1.82, 2.24) is 5.32 Å². The number of amides is 1. The maximum atomic E-state index is 11.5. The highest BCUT2D eigenvalue weighted by Gasteiger charge is 2.06. The number of carbonyl (C=O) groups is 1. The Bertz CT molecular complexity index is 398. The number of hydrogen-bond acceptors (Lipinski definition) is 2. The SMILES string of the molecule is CCC(C)NC(=O)CNc1ccc(Br)cc1Cl. The van der Waals surface area contributed by atoms with E-state index >= 15 is 0 Å². The van der Waals surface area contributed by atoms with Gasteiger partial charge in [-0.3, -0.25) is 4.79 Å². The highest BCUT2D eigenvalue weighted by Crippen LogP contribution is 2.25. The number of halogens is 2. The molecule has 0 saturated heterocycles. The molecule has 0 aliphatic rings. The third-order valence-corrected chi connectivity index (χ3v) is 3.20. The molecule has 17 heavy (non-hydrogen) atoms. The van der Waals surface area contributed by atoms with Crippen LogP contribution >= 0.6 is 27.5 Å². The van der Waals surface area contributed by atoms with E-state index in [1.165, 1.54) is 0 Å². The molecule has 0 heterocycles. The van der Waals surface area contributed by atoms with Crippen molar-refractivity contribution in [2.75, 3.05) is 11.9 Å². The first-order chi connectivity index (χ1) is 8.02. The Morgan fingerprint density at radius 3 is 2.82 bits per heavy atom. The average molecular weight is 320 g/mol. The molecule has 0 spiro atoms. The number of carbonyl (C=O) groups excluding carboxylic acids is 1. The van der Waals surface area contributed by atoms with E-state index in [-0.39, 0.29) is 18.5 Å². The van der Waals surface area contributed by atoms with Gasteiger partial charge in [-0.05, 0) is 31.5 Å². The normalized spacial score (nSPS) is 12.0. The van der Waals surface area contributed by atoms with Crippen molar-refractivity contribution >= 4 is 39.1 Å². The van der Waals surface area contributed by atoms with E-state index in [1.54, 1.807) is 6.07 Å². The zero-order valence-electron chi connectivity index (χ0n) is 9.89. The average Bonchev–Trinajstić information content (AvgIpc) is 2.27. The molecule has 0 fully saturated rings. The number of benzene rings is 1. The van der Waals surface area contributed by atoms with Crippen LogP contribution in [0.3, 0.4) is 0 Å². The minimum absolute atomic E-state index is 0.0293. The Kier molecular flexibility index (Phi) is 5.78. The van der Waals surface area contributed by atoms with Crippen molar-refractivity contribution < 1.29 is 4.79 Å². The summed E-state index contributed by atoms with van der Waals surface area (Å²) in [5.74, 6) is -0.0293. The third-order valence-electron chi connectivity index (χ3n) is 2.39. The topological polar surface area (TPSA) is 41.1 Å². The standard InChI is InChI=1S/C12H16BrClN2O/c1-3-8(2)16-12(17)7-15-11-5-4-9(13)6-10(11)14/h4-6,8,15H,3,7H2,1-2H3,(H,16,17). The van der Waals surface area contributed by atoms with Gasteiger partial charge < -0.3 is 10.6 Å². The second-order valence-electron chi connectivity index (χ2n) is 3.85. The Hall–Kier alpha value is -0.740. The molecule has 1 unspecified atom stereocenters. The van der Waals surface area contributed by atoms with Gasteiger partial charge in [-0.25, -0.2) is 0 Å². The molecule has 1 atom stereocenters. The highest BCUT2D eigenvalue weighted by molar-refractivity contribution is 9.10. The number of nitrogens with one attached hydrogen (secondary N) is 2. The van der Waals surface area contributed by atoms with Crippen LogP contribution in [0.4, 0.5) is 5.69 Å². The molecule has 0 aliphatic carbocycles. The summed E-state index contributed by atoms with van der Waals surface area (Å²) < 4.78 is 0.914. The Labute approximate surface area is 115 Å². The summed E-state index contributed by atoms with van der Waals surface area (Å²) in [7, 11) is 0. The monoisotopic (exact) mass is 318 g/mol. The second-order valence-corrected chi connectivity index (χ2v) is 5.18. The van der Waals surface area contributed by atoms with Gasteiger partial charge in [0.1, 0.15) is 0 Å². The van der Waals surface area contributed by atoms with Gasteiger partial charge in [-0.2, -0.15) is 0 Å². The van der Waals surface area contributed by atoms with Crippen molar-refractivity contribution in [2.45, 2.75) is 26.3 Å². The predicted molar refractivity (Wildman–Crippen MR) is 75.5 cm³/mol. The first-order valence-electron chi connectivity index (χ1n) is 5.51. The molecule has 0 aliphatic heterocycles. The molecule has 1 amide bonds. The fraction of sp³-hybridized carbons (Fsp3) is 0.417. The van der Waals surface area contributed by atoms with Crippen LogP contribution in [-0.4, -0.2) is 18.5 Å². The summed E-state index contributed by atoms with van der Waals surface area (Å²) in [6.45, 7) is 4.24. The van der Waals surface area contributed by atoms with Crippen molar-refractivity contribution in [3.05, 3.63) is 27.7 Å². The quantitative estimate of drug-likeness (QED) is 0.873. The van der Waals surface area contributed by atoms with E-state index in [4.69, 9.17) is 11.6 Å². The molecule has 1 aromatic rings. The zero-order valence-corrected chi connectivity index (χ0v) is 12.2. The van der Waals surface area contributed by atoms with Crippen molar-refractivity contribution in [2.24, 2.45) is 0 Å². The predicted octanol–water partition coefficient (Wildman–Crippen LogP) is 3.43. The van der Waals surface area contributed by atoms with Gasteiger partial charge in [0.15, 0.2) is 0 Å². The van der Waals surface area contributed by atoms with Gasteiger partial charge in [0, 0.05) is 10.5 Å². The fourth-order valence-corrected chi connectivity index (χ4v) is 1.98. The lowest BCUT2D eigenvalue weighted by molar-refractivity contribution is -0.120. The van der Waals surface area contributed by atoms with Crippen LogP contribution in [0.25, 0.3) is 0 Å². The van der Waals surface area contributed by atoms with Crippen LogP contribution in [0.1, 0.15) is 20.3 Å². The summed E-state index contributed by atoms with van der Waals surface area (Å²) in [5.41, 5.74) is 0.758. The van der Waals surface area contributed by atoms with E-state index in [1.807, 2.05) is 26.0 Å². The maximum Gasteiger partial charge on any atom is 0.239 e. The lowest BCUT2D eigenvalue weighted by Crippen LogP contribution is -2.36. The molecule has 94 valence electrons. The summed E-state index contributed by atoms with van der Waals surface area (Å²) in [4.78, 5) is 11.5. The van der Waals surface area contributed by atoms with E-state index in [0.717, 1.165) is 16.6 Å². The van der Waals surface area contributed by atoms with E-state index < -0.39 is 0 Å². The van der Waals surface area contributed by atoms with E-state index in [9.17, 15) is 4.79 Å². The Morgan fingerprint density at radius 1 is 1.53 bits per heavy atom. The lowest BCUT2D eigenvalue weighted by Gasteiger charge is -2.13. The van der Waals surface area contributed by atoms with Crippen LogP contribution < -0.4 is 10.6 Å². The van der Waals surface area contributed by atoms with Gasteiger partial charge in [-0.15, -0.1) is 0 Å². The highest BCUT2D eigenvalue weighted by atomic mass is 79.9. The lowest BCUT2D eigenvalue weighted by atomic mass is 10.2. The van der Waals surface area contributed by atoms with Crippen molar-refractivity contribution in [1.29, 1.82) is 0 Å². The van der Waals surface area contributed by atoms with Gasteiger partial charge in [0.25, 0.3) is 0 Å². The maximum absolute atomic E-state index is 11.5. The minimum atomic E-state index is -0.0293. The molecule has 1 rings (SSSR count). The molecule has 3 nitrogen and oxygen atoms in total.